The fourth-order valence-corrected chi connectivity index (χ4v) is 4.93. The van der Waals surface area contributed by atoms with Gasteiger partial charge in [-0.05, 0) is 54.2 Å². The molecule has 0 saturated carbocycles. The second-order valence-electron chi connectivity index (χ2n) is 7.97. The highest BCUT2D eigenvalue weighted by Crippen LogP contribution is 2.52. The summed E-state index contributed by atoms with van der Waals surface area (Å²) in [5, 5.41) is 4.67. The monoisotopic (exact) mass is 401 g/mol. The van der Waals surface area contributed by atoms with E-state index in [1.807, 2.05) is 24.3 Å². The van der Waals surface area contributed by atoms with Crippen LogP contribution in [0, 0.1) is 12.8 Å². The van der Waals surface area contributed by atoms with Crippen LogP contribution in [0.1, 0.15) is 40.6 Å². The van der Waals surface area contributed by atoms with Gasteiger partial charge in [0.05, 0.1) is 6.04 Å². The van der Waals surface area contributed by atoms with Crippen molar-refractivity contribution in [3.8, 4) is 5.75 Å². The molecule has 3 atom stereocenters. The zero-order chi connectivity index (χ0) is 19.8. The molecule has 2 nitrogen and oxygen atoms in total. The van der Waals surface area contributed by atoms with E-state index in [0.29, 0.717) is 18.4 Å². The van der Waals surface area contributed by atoms with Gasteiger partial charge in [-0.2, -0.15) is 0 Å². The van der Waals surface area contributed by atoms with Crippen molar-refractivity contribution < 1.29 is 4.74 Å². The molecular weight excluding hydrogens is 378 g/mol. The summed E-state index contributed by atoms with van der Waals surface area (Å²) in [6.45, 7) is 2.74. The molecule has 3 aromatic carbocycles. The molecule has 0 saturated heterocycles. The number of anilines is 1. The number of halogens is 1. The van der Waals surface area contributed by atoms with Crippen molar-refractivity contribution >= 4 is 17.3 Å². The summed E-state index contributed by atoms with van der Waals surface area (Å²) in [5.74, 6) is 1.75. The first kappa shape index (κ1) is 18.3. The van der Waals surface area contributed by atoms with Gasteiger partial charge < -0.3 is 10.1 Å². The molecule has 0 aromatic heterocycles. The Morgan fingerprint density at radius 2 is 1.79 bits per heavy atom. The van der Waals surface area contributed by atoms with E-state index in [1.54, 1.807) is 0 Å². The van der Waals surface area contributed by atoms with Crippen LogP contribution < -0.4 is 10.1 Å². The Labute approximate surface area is 177 Å². The molecule has 0 bridgehead atoms. The molecule has 3 heteroatoms. The fraction of sp³-hybridized carbons (Fsp3) is 0.231. The third-order valence-electron chi connectivity index (χ3n) is 6.16. The van der Waals surface area contributed by atoms with Crippen molar-refractivity contribution in [2.45, 2.75) is 31.9 Å². The van der Waals surface area contributed by atoms with Gasteiger partial charge in [-0.1, -0.05) is 72.3 Å². The zero-order valence-corrected chi connectivity index (χ0v) is 17.2. The Morgan fingerprint density at radius 1 is 1.00 bits per heavy atom. The van der Waals surface area contributed by atoms with Crippen molar-refractivity contribution in [3.63, 3.8) is 0 Å². The first-order valence-electron chi connectivity index (χ1n) is 10.2. The largest absolute Gasteiger partial charge is 0.489 e. The van der Waals surface area contributed by atoms with Crippen molar-refractivity contribution in [1.29, 1.82) is 0 Å². The van der Waals surface area contributed by atoms with E-state index in [9.17, 15) is 0 Å². The Bertz CT molecular complexity index is 1040. The van der Waals surface area contributed by atoms with E-state index in [1.165, 1.54) is 27.9 Å². The molecule has 0 amide bonds. The summed E-state index contributed by atoms with van der Waals surface area (Å²) in [6, 6.07) is 23.2. The number of rotatable bonds is 4. The molecule has 5 rings (SSSR count). The minimum absolute atomic E-state index is 0.267. The van der Waals surface area contributed by atoms with Crippen LogP contribution in [-0.2, 0) is 6.61 Å². The van der Waals surface area contributed by atoms with Crippen molar-refractivity contribution in [2.24, 2.45) is 5.92 Å². The Morgan fingerprint density at radius 3 is 2.59 bits per heavy atom. The molecule has 1 heterocycles. The highest BCUT2D eigenvalue weighted by molar-refractivity contribution is 6.32. The number of fused-ring (bicyclic) bond motifs is 3. The van der Waals surface area contributed by atoms with Gasteiger partial charge in [0.15, 0.2) is 0 Å². The predicted molar refractivity (Wildman–Crippen MR) is 120 cm³/mol. The van der Waals surface area contributed by atoms with Crippen LogP contribution in [0.2, 0.25) is 5.02 Å². The van der Waals surface area contributed by atoms with E-state index in [4.69, 9.17) is 16.3 Å². The normalized spacial score (nSPS) is 21.9. The number of allylic oxidation sites excluding steroid dienone is 2. The molecule has 0 radical (unpaired) electrons. The quantitative estimate of drug-likeness (QED) is 0.472. The van der Waals surface area contributed by atoms with Gasteiger partial charge in [-0.25, -0.2) is 0 Å². The van der Waals surface area contributed by atoms with Gasteiger partial charge in [0.2, 0.25) is 0 Å². The maximum absolute atomic E-state index is 6.59. The number of hydrogen-bond acceptors (Lipinski definition) is 2. The molecule has 1 aliphatic heterocycles. The average Bonchev–Trinajstić information content (AvgIpc) is 3.25. The Hall–Kier alpha value is -2.71. The lowest BCUT2D eigenvalue weighted by molar-refractivity contribution is 0.306. The van der Waals surface area contributed by atoms with Gasteiger partial charge in [0, 0.05) is 22.2 Å². The van der Waals surface area contributed by atoms with Crippen LogP contribution in [0.3, 0.4) is 0 Å². The van der Waals surface area contributed by atoms with Crippen LogP contribution >= 0.6 is 11.6 Å². The lowest BCUT2D eigenvalue weighted by atomic mass is 9.76. The molecule has 1 N–H and O–H groups in total. The number of ether oxygens (including phenoxy) is 1. The highest BCUT2D eigenvalue weighted by atomic mass is 35.5. The molecule has 0 spiro atoms. The minimum atomic E-state index is 0.267. The topological polar surface area (TPSA) is 21.3 Å². The maximum Gasteiger partial charge on any atom is 0.119 e. The van der Waals surface area contributed by atoms with Gasteiger partial charge in [0.1, 0.15) is 12.4 Å². The molecule has 2 unspecified atom stereocenters. The Kier molecular flexibility index (Phi) is 4.81. The summed E-state index contributed by atoms with van der Waals surface area (Å²) in [7, 11) is 0. The van der Waals surface area contributed by atoms with Gasteiger partial charge >= 0.3 is 0 Å². The van der Waals surface area contributed by atoms with Crippen LogP contribution in [0.15, 0.2) is 78.9 Å². The predicted octanol–water partition coefficient (Wildman–Crippen LogP) is 7.05. The first-order chi connectivity index (χ1) is 14.2. The summed E-state index contributed by atoms with van der Waals surface area (Å²) < 4.78 is 5.96. The van der Waals surface area contributed by atoms with E-state index in [0.717, 1.165) is 17.2 Å². The third-order valence-corrected chi connectivity index (χ3v) is 6.49. The van der Waals surface area contributed by atoms with Crippen LogP contribution in [0.5, 0.6) is 5.75 Å². The molecule has 0 fully saturated rings. The lowest BCUT2D eigenvalue weighted by Crippen LogP contribution is -2.29. The molecule has 3 aromatic rings. The summed E-state index contributed by atoms with van der Waals surface area (Å²) >= 11 is 6.59. The smallest absolute Gasteiger partial charge is 0.119 e. The van der Waals surface area contributed by atoms with Crippen LogP contribution in [0.25, 0.3) is 0 Å². The average molecular weight is 402 g/mol. The maximum atomic E-state index is 6.59. The van der Waals surface area contributed by atoms with Gasteiger partial charge in [-0.3, -0.25) is 0 Å². The van der Waals surface area contributed by atoms with E-state index < -0.39 is 0 Å². The van der Waals surface area contributed by atoms with Gasteiger partial charge in [0.25, 0.3) is 0 Å². The summed E-state index contributed by atoms with van der Waals surface area (Å²) in [4.78, 5) is 0. The van der Waals surface area contributed by atoms with Crippen LogP contribution in [-0.4, -0.2) is 0 Å². The van der Waals surface area contributed by atoms with Gasteiger partial charge in [-0.15, -0.1) is 0 Å². The van der Waals surface area contributed by atoms with Crippen molar-refractivity contribution in [2.75, 3.05) is 5.32 Å². The standard InChI is InChI=1S/C26H24ClNO/c1-17-10-15-23(27)24-21-8-5-9-22(21)26(28-25(17)24)19-11-13-20(14-12-19)29-16-18-6-3-2-4-7-18/h2-8,10-15,21-22,26,28H,9,16H2,1H3/t21?,22?,26-/m1/s1. The number of nitrogens with one attached hydrogen (secondary N) is 1. The lowest BCUT2D eigenvalue weighted by Gasteiger charge is -2.38. The number of hydrogen-bond donors (Lipinski definition) is 1. The number of aryl methyl sites for hydroxylation is 1. The molecule has 1 aliphatic carbocycles. The molecule has 146 valence electrons. The molecular formula is C26H24ClNO. The summed E-state index contributed by atoms with van der Waals surface area (Å²) in [6.07, 6.45) is 5.70. The van der Waals surface area contributed by atoms with Crippen LogP contribution in [0.4, 0.5) is 5.69 Å². The SMILES string of the molecule is Cc1ccc(Cl)c2c1N[C@H](c1ccc(OCc3ccccc3)cc1)C1CC=CC21. The molecule has 2 aliphatic rings. The van der Waals surface area contributed by atoms with E-state index in [-0.39, 0.29) is 6.04 Å². The second-order valence-corrected chi connectivity index (χ2v) is 8.38. The fourth-order valence-electron chi connectivity index (χ4n) is 4.65. The molecule has 29 heavy (non-hydrogen) atoms. The van der Waals surface area contributed by atoms with Crippen molar-refractivity contribution in [3.05, 3.63) is 106 Å². The first-order valence-corrected chi connectivity index (χ1v) is 10.6. The minimum Gasteiger partial charge on any atom is -0.489 e. The van der Waals surface area contributed by atoms with E-state index >= 15 is 0 Å². The van der Waals surface area contributed by atoms with E-state index in [2.05, 4.69) is 66.9 Å². The Balaban J connectivity index is 1.39. The number of benzene rings is 3. The second kappa shape index (κ2) is 7.61. The highest BCUT2D eigenvalue weighted by Gasteiger charge is 2.39. The van der Waals surface area contributed by atoms with Crippen molar-refractivity contribution in [1.82, 2.24) is 0 Å². The summed E-state index contributed by atoms with van der Waals surface area (Å²) in [5.41, 5.74) is 6.16. The third kappa shape index (κ3) is 3.42. The zero-order valence-electron chi connectivity index (χ0n) is 16.4.